The Morgan fingerprint density at radius 3 is 2.52 bits per heavy atom. The van der Waals surface area contributed by atoms with Crippen molar-refractivity contribution < 1.29 is 31.9 Å². The predicted molar refractivity (Wildman–Crippen MR) is 117 cm³/mol. The molecule has 2 N–H and O–H groups in total. The summed E-state index contributed by atoms with van der Waals surface area (Å²) in [6, 6.07) is 8.54. The zero-order valence-electron chi connectivity index (χ0n) is 18.4. The van der Waals surface area contributed by atoms with E-state index in [-0.39, 0.29) is 35.7 Å². The molecule has 178 valence electrons. The van der Waals surface area contributed by atoms with Gasteiger partial charge in [0.2, 0.25) is 21.8 Å². The SMILES string of the molecule is COc1ccc(CC(=O)N(C)C(C(N)=O)c2cccc(F)c2)cc1S(=O)(=O)N1CCOCC1. The molecule has 0 bridgehead atoms. The number of sulfonamides is 1. The van der Waals surface area contributed by atoms with Gasteiger partial charge in [-0.2, -0.15) is 4.31 Å². The third kappa shape index (κ3) is 5.49. The summed E-state index contributed by atoms with van der Waals surface area (Å²) < 4.78 is 51.7. The van der Waals surface area contributed by atoms with Crippen LogP contribution in [0.15, 0.2) is 47.4 Å². The summed E-state index contributed by atoms with van der Waals surface area (Å²) in [5.41, 5.74) is 6.13. The summed E-state index contributed by atoms with van der Waals surface area (Å²) in [6.45, 7) is 1.01. The molecule has 2 amide bonds. The maximum Gasteiger partial charge on any atom is 0.246 e. The van der Waals surface area contributed by atoms with E-state index in [1.807, 2.05) is 0 Å². The molecule has 0 radical (unpaired) electrons. The number of carbonyl (C=O) groups excluding carboxylic acids is 2. The van der Waals surface area contributed by atoms with E-state index in [0.29, 0.717) is 18.8 Å². The Hall–Kier alpha value is -3.02. The molecule has 33 heavy (non-hydrogen) atoms. The van der Waals surface area contributed by atoms with Crippen molar-refractivity contribution in [3.8, 4) is 5.75 Å². The first-order valence-electron chi connectivity index (χ1n) is 10.2. The molecule has 1 saturated heterocycles. The van der Waals surface area contributed by atoms with Crippen LogP contribution < -0.4 is 10.5 Å². The number of hydrogen-bond donors (Lipinski definition) is 1. The van der Waals surface area contributed by atoms with Crippen molar-refractivity contribution >= 4 is 21.8 Å². The fourth-order valence-corrected chi connectivity index (χ4v) is 5.27. The monoisotopic (exact) mass is 479 g/mol. The van der Waals surface area contributed by atoms with Crippen LogP contribution in [0.25, 0.3) is 0 Å². The second kappa shape index (κ2) is 10.3. The first-order chi connectivity index (χ1) is 15.6. The molecule has 3 rings (SSSR count). The number of rotatable bonds is 8. The van der Waals surface area contributed by atoms with Crippen molar-refractivity contribution in [2.45, 2.75) is 17.4 Å². The highest BCUT2D eigenvalue weighted by atomic mass is 32.2. The van der Waals surface area contributed by atoms with Crippen molar-refractivity contribution in [1.82, 2.24) is 9.21 Å². The first-order valence-corrected chi connectivity index (χ1v) is 11.6. The van der Waals surface area contributed by atoms with Crippen molar-refractivity contribution in [1.29, 1.82) is 0 Å². The molecule has 1 aliphatic rings. The minimum Gasteiger partial charge on any atom is -0.495 e. The van der Waals surface area contributed by atoms with E-state index >= 15 is 0 Å². The number of carbonyl (C=O) groups is 2. The topological polar surface area (TPSA) is 119 Å². The minimum absolute atomic E-state index is 0.0589. The van der Waals surface area contributed by atoms with Crippen LogP contribution >= 0.6 is 0 Å². The number of ether oxygens (including phenoxy) is 2. The molecule has 11 heteroatoms. The van der Waals surface area contributed by atoms with Crippen molar-refractivity contribution in [2.75, 3.05) is 40.5 Å². The van der Waals surface area contributed by atoms with E-state index < -0.39 is 33.7 Å². The molecule has 1 atom stereocenters. The fraction of sp³-hybridized carbons (Fsp3) is 0.364. The molecule has 1 fully saturated rings. The van der Waals surface area contributed by atoms with Gasteiger partial charge >= 0.3 is 0 Å². The zero-order valence-corrected chi connectivity index (χ0v) is 19.2. The molecular formula is C22H26FN3O6S. The summed E-state index contributed by atoms with van der Waals surface area (Å²) in [5.74, 6) is -1.72. The highest BCUT2D eigenvalue weighted by molar-refractivity contribution is 7.89. The van der Waals surface area contributed by atoms with Gasteiger partial charge in [-0.3, -0.25) is 9.59 Å². The molecule has 1 heterocycles. The number of nitrogens with zero attached hydrogens (tertiary/aromatic N) is 2. The lowest BCUT2D eigenvalue weighted by molar-refractivity contribution is -0.137. The molecule has 9 nitrogen and oxygen atoms in total. The molecule has 0 spiro atoms. The van der Waals surface area contributed by atoms with Gasteiger partial charge in [0.15, 0.2) is 0 Å². The molecule has 2 aromatic rings. The summed E-state index contributed by atoms with van der Waals surface area (Å²) in [4.78, 5) is 26.1. The second-order valence-electron chi connectivity index (χ2n) is 7.54. The highest BCUT2D eigenvalue weighted by Gasteiger charge is 2.31. The summed E-state index contributed by atoms with van der Waals surface area (Å²) in [5, 5.41) is 0. The van der Waals surface area contributed by atoms with E-state index in [0.717, 1.165) is 11.0 Å². The van der Waals surface area contributed by atoms with Gasteiger partial charge in [-0.15, -0.1) is 0 Å². The van der Waals surface area contributed by atoms with Crippen molar-refractivity contribution in [3.05, 3.63) is 59.4 Å². The van der Waals surface area contributed by atoms with Crippen LogP contribution in [0, 0.1) is 5.82 Å². The van der Waals surface area contributed by atoms with Gasteiger partial charge in [0.25, 0.3) is 0 Å². The number of hydrogen-bond acceptors (Lipinski definition) is 6. The van der Waals surface area contributed by atoms with E-state index in [1.54, 1.807) is 6.07 Å². The lowest BCUT2D eigenvalue weighted by Gasteiger charge is -2.27. The first kappa shape index (κ1) is 24.6. The Bertz CT molecular complexity index is 1130. The van der Waals surface area contributed by atoms with Gasteiger partial charge in [-0.1, -0.05) is 18.2 Å². The van der Waals surface area contributed by atoms with Gasteiger partial charge in [0.05, 0.1) is 26.7 Å². The Morgan fingerprint density at radius 1 is 1.21 bits per heavy atom. The lowest BCUT2D eigenvalue weighted by Crippen LogP contribution is -2.41. The van der Waals surface area contributed by atoms with Gasteiger partial charge in [-0.05, 0) is 35.4 Å². The molecule has 1 aliphatic heterocycles. The number of morpholine rings is 1. The molecule has 0 saturated carbocycles. The standard InChI is InChI=1S/C22H26FN3O6S/c1-25(21(22(24)28)16-4-3-5-17(23)14-16)20(27)13-15-6-7-18(31-2)19(12-15)33(29,30)26-8-10-32-11-9-26/h3-7,12,14,21H,8-11,13H2,1-2H3,(H2,24,28). The Kier molecular flexibility index (Phi) is 7.67. The third-order valence-corrected chi connectivity index (χ3v) is 7.31. The highest BCUT2D eigenvalue weighted by Crippen LogP contribution is 2.29. The quantitative estimate of drug-likeness (QED) is 0.605. The Morgan fingerprint density at radius 2 is 1.91 bits per heavy atom. The van der Waals surface area contributed by atoms with E-state index in [1.165, 1.54) is 48.8 Å². The smallest absolute Gasteiger partial charge is 0.246 e. The van der Waals surface area contributed by atoms with Crippen LogP contribution in [-0.2, 0) is 30.8 Å². The van der Waals surface area contributed by atoms with Crippen LogP contribution in [0.1, 0.15) is 17.2 Å². The largest absolute Gasteiger partial charge is 0.495 e. The van der Waals surface area contributed by atoms with Gasteiger partial charge in [0, 0.05) is 20.1 Å². The second-order valence-corrected chi connectivity index (χ2v) is 9.45. The minimum atomic E-state index is -3.87. The molecular weight excluding hydrogens is 453 g/mol. The van der Waals surface area contributed by atoms with Crippen LogP contribution in [0.5, 0.6) is 5.75 Å². The number of primary amides is 1. The fourth-order valence-electron chi connectivity index (χ4n) is 3.66. The van der Waals surface area contributed by atoms with E-state index in [2.05, 4.69) is 0 Å². The normalized spacial score (nSPS) is 15.6. The Balaban J connectivity index is 1.87. The molecule has 1 unspecified atom stereocenters. The summed E-state index contributed by atoms with van der Waals surface area (Å²) in [6.07, 6.45) is -0.203. The maximum atomic E-state index is 13.6. The number of nitrogens with two attached hydrogens (primary N) is 1. The van der Waals surface area contributed by atoms with Gasteiger partial charge in [-0.25, -0.2) is 12.8 Å². The van der Waals surface area contributed by atoms with Crippen LogP contribution in [0.4, 0.5) is 4.39 Å². The lowest BCUT2D eigenvalue weighted by atomic mass is 10.0. The average molecular weight is 480 g/mol. The van der Waals surface area contributed by atoms with Crippen LogP contribution in [-0.4, -0.2) is 69.9 Å². The average Bonchev–Trinajstić information content (AvgIpc) is 2.79. The number of amides is 2. The van der Waals surface area contributed by atoms with Gasteiger partial charge < -0.3 is 20.1 Å². The zero-order chi connectivity index (χ0) is 24.2. The Labute approximate surface area is 191 Å². The van der Waals surface area contributed by atoms with Gasteiger partial charge in [0.1, 0.15) is 22.5 Å². The number of benzene rings is 2. The van der Waals surface area contributed by atoms with Crippen molar-refractivity contribution in [3.63, 3.8) is 0 Å². The number of methoxy groups -OCH3 is 1. The van der Waals surface area contributed by atoms with Crippen LogP contribution in [0.2, 0.25) is 0 Å². The van der Waals surface area contributed by atoms with Crippen molar-refractivity contribution in [2.24, 2.45) is 5.73 Å². The molecule has 2 aromatic carbocycles. The number of likely N-dealkylation sites (N-methyl/N-ethyl adjacent to an activating group) is 1. The van der Waals surface area contributed by atoms with E-state index in [4.69, 9.17) is 15.2 Å². The maximum absolute atomic E-state index is 13.6. The predicted octanol–water partition coefficient (Wildman–Crippen LogP) is 1.08. The molecule has 0 aliphatic carbocycles. The summed E-state index contributed by atoms with van der Waals surface area (Å²) in [7, 11) is -1.12. The molecule has 0 aromatic heterocycles. The third-order valence-electron chi connectivity index (χ3n) is 5.39. The summed E-state index contributed by atoms with van der Waals surface area (Å²) >= 11 is 0. The van der Waals surface area contributed by atoms with Crippen LogP contribution in [0.3, 0.4) is 0 Å². The number of halogens is 1. The van der Waals surface area contributed by atoms with E-state index in [9.17, 15) is 22.4 Å².